The van der Waals surface area contributed by atoms with Gasteiger partial charge in [-0.3, -0.25) is 4.79 Å². The maximum absolute atomic E-state index is 12.6. The molecule has 1 aliphatic rings. The van der Waals surface area contributed by atoms with Crippen LogP contribution in [0, 0.1) is 0 Å². The zero-order chi connectivity index (χ0) is 15.4. The van der Waals surface area contributed by atoms with Crippen molar-refractivity contribution in [2.75, 3.05) is 32.4 Å². The Labute approximate surface area is 127 Å². The van der Waals surface area contributed by atoms with Crippen LogP contribution in [0.5, 0.6) is 0 Å². The van der Waals surface area contributed by atoms with Gasteiger partial charge in [-0.15, -0.1) is 0 Å². The maximum Gasteiger partial charge on any atom is 0.254 e. The number of hydrogen-bond acceptors (Lipinski definition) is 4. The number of anilines is 1. The lowest BCUT2D eigenvalue weighted by molar-refractivity contribution is 0.0646. The van der Waals surface area contributed by atoms with E-state index in [1.54, 1.807) is 6.07 Å². The van der Waals surface area contributed by atoms with Gasteiger partial charge in [-0.05, 0) is 37.9 Å². The van der Waals surface area contributed by atoms with E-state index in [-0.39, 0.29) is 5.91 Å². The number of hydrogen-bond donors (Lipinski definition) is 1. The van der Waals surface area contributed by atoms with Gasteiger partial charge in [-0.1, -0.05) is 13.8 Å². The highest BCUT2D eigenvalue weighted by Gasteiger charge is 2.25. The fraction of sp³-hybridized carbons (Fsp3) is 0.625. The molecule has 2 rings (SSSR count). The standard InChI is InChI=1S/C16H26N4O/c1-4-13-10-12(11-15(17)18-13)16(21)19(3)14-6-8-20(5-2)9-7-14/h10-11,14H,4-9H2,1-3H3,(H2,17,18). The molecule has 5 heteroatoms. The predicted molar refractivity (Wildman–Crippen MR) is 85.3 cm³/mol. The minimum Gasteiger partial charge on any atom is -0.384 e. The van der Waals surface area contributed by atoms with E-state index in [0.717, 1.165) is 44.6 Å². The second kappa shape index (κ2) is 6.89. The lowest BCUT2D eigenvalue weighted by Crippen LogP contribution is -2.45. The van der Waals surface area contributed by atoms with Crippen LogP contribution in [0.25, 0.3) is 0 Å². The van der Waals surface area contributed by atoms with Gasteiger partial charge >= 0.3 is 0 Å². The van der Waals surface area contributed by atoms with Crippen molar-refractivity contribution < 1.29 is 4.79 Å². The summed E-state index contributed by atoms with van der Waals surface area (Å²) in [7, 11) is 1.90. The smallest absolute Gasteiger partial charge is 0.254 e. The van der Waals surface area contributed by atoms with Crippen molar-refractivity contribution >= 4 is 11.7 Å². The molecule has 1 aliphatic heterocycles. The minimum atomic E-state index is 0.0498. The number of aryl methyl sites for hydroxylation is 1. The van der Waals surface area contributed by atoms with Crippen LogP contribution in [0.15, 0.2) is 12.1 Å². The lowest BCUT2D eigenvalue weighted by Gasteiger charge is -2.36. The van der Waals surface area contributed by atoms with E-state index in [4.69, 9.17) is 5.73 Å². The Morgan fingerprint density at radius 1 is 1.38 bits per heavy atom. The number of likely N-dealkylation sites (tertiary alicyclic amines) is 1. The molecule has 0 aliphatic carbocycles. The number of amides is 1. The summed E-state index contributed by atoms with van der Waals surface area (Å²) in [4.78, 5) is 21.2. The third-order valence-electron chi connectivity index (χ3n) is 4.38. The molecule has 1 amide bonds. The molecule has 0 unspecified atom stereocenters. The van der Waals surface area contributed by atoms with E-state index in [1.165, 1.54) is 0 Å². The largest absolute Gasteiger partial charge is 0.384 e. The summed E-state index contributed by atoms with van der Waals surface area (Å²) in [5.41, 5.74) is 7.32. The van der Waals surface area contributed by atoms with Crippen molar-refractivity contribution in [3.63, 3.8) is 0 Å². The van der Waals surface area contributed by atoms with Gasteiger partial charge < -0.3 is 15.5 Å². The van der Waals surface area contributed by atoms with Crippen LogP contribution in [-0.4, -0.2) is 53.4 Å². The van der Waals surface area contributed by atoms with Crippen LogP contribution >= 0.6 is 0 Å². The number of nitrogens with zero attached hydrogens (tertiary/aromatic N) is 3. The molecular formula is C16H26N4O. The highest BCUT2D eigenvalue weighted by Crippen LogP contribution is 2.18. The van der Waals surface area contributed by atoms with Crippen LogP contribution < -0.4 is 5.73 Å². The van der Waals surface area contributed by atoms with Gasteiger partial charge in [0.1, 0.15) is 5.82 Å². The molecule has 1 saturated heterocycles. The van der Waals surface area contributed by atoms with Crippen molar-refractivity contribution in [2.24, 2.45) is 0 Å². The molecule has 0 saturated carbocycles. The van der Waals surface area contributed by atoms with Crippen LogP contribution in [0.4, 0.5) is 5.82 Å². The van der Waals surface area contributed by atoms with Gasteiger partial charge in [-0.25, -0.2) is 4.98 Å². The van der Waals surface area contributed by atoms with Crippen molar-refractivity contribution in [3.05, 3.63) is 23.4 Å². The van der Waals surface area contributed by atoms with Crippen LogP contribution in [0.1, 0.15) is 42.7 Å². The number of carbonyl (C=O) groups excluding carboxylic acids is 1. The zero-order valence-electron chi connectivity index (χ0n) is 13.3. The Hall–Kier alpha value is -1.62. The number of piperidine rings is 1. The molecule has 1 aromatic heterocycles. The quantitative estimate of drug-likeness (QED) is 0.918. The number of carbonyl (C=O) groups is 1. The fourth-order valence-corrected chi connectivity index (χ4v) is 2.91. The number of nitrogens with two attached hydrogens (primary N) is 1. The first-order valence-electron chi connectivity index (χ1n) is 7.81. The first-order valence-corrected chi connectivity index (χ1v) is 7.81. The van der Waals surface area contributed by atoms with E-state index in [9.17, 15) is 4.79 Å². The Morgan fingerprint density at radius 2 is 2.05 bits per heavy atom. The first kappa shape index (κ1) is 15.8. The molecule has 0 spiro atoms. The zero-order valence-corrected chi connectivity index (χ0v) is 13.3. The maximum atomic E-state index is 12.6. The highest BCUT2D eigenvalue weighted by atomic mass is 16.2. The summed E-state index contributed by atoms with van der Waals surface area (Å²) in [5.74, 6) is 0.473. The van der Waals surface area contributed by atoms with Gasteiger partial charge in [0.15, 0.2) is 0 Å². The predicted octanol–water partition coefficient (Wildman–Crippen LogP) is 1.78. The van der Waals surface area contributed by atoms with E-state index in [0.29, 0.717) is 17.4 Å². The van der Waals surface area contributed by atoms with E-state index in [2.05, 4.69) is 16.8 Å². The number of aromatic nitrogens is 1. The monoisotopic (exact) mass is 290 g/mol. The second-order valence-corrected chi connectivity index (χ2v) is 5.71. The molecule has 1 aromatic rings. The van der Waals surface area contributed by atoms with Crippen molar-refractivity contribution in [1.29, 1.82) is 0 Å². The van der Waals surface area contributed by atoms with Gasteiger partial charge in [0, 0.05) is 37.4 Å². The summed E-state index contributed by atoms with van der Waals surface area (Å²) in [6.45, 7) is 7.42. The van der Waals surface area contributed by atoms with E-state index in [1.807, 2.05) is 24.9 Å². The first-order chi connectivity index (χ1) is 10.0. The van der Waals surface area contributed by atoms with Crippen molar-refractivity contribution in [2.45, 2.75) is 39.2 Å². The molecule has 0 bridgehead atoms. The van der Waals surface area contributed by atoms with Gasteiger partial charge in [0.05, 0.1) is 0 Å². The Bertz CT molecular complexity index is 495. The number of nitrogen functional groups attached to an aromatic ring is 1. The molecule has 0 atom stereocenters. The van der Waals surface area contributed by atoms with Crippen molar-refractivity contribution in [1.82, 2.24) is 14.8 Å². The Kier molecular flexibility index (Phi) is 5.17. The summed E-state index contributed by atoms with van der Waals surface area (Å²) in [6, 6.07) is 3.86. The van der Waals surface area contributed by atoms with Gasteiger partial charge in [0.2, 0.25) is 0 Å². The number of pyridine rings is 1. The Morgan fingerprint density at radius 3 is 2.62 bits per heavy atom. The Balaban J connectivity index is 2.07. The highest BCUT2D eigenvalue weighted by molar-refractivity contribution is 5.95. The number of rotatable bonds is 4. The van der Waals surface area contributed by atoms with Gasteiger partial charge in [0.25, 0.3) is 5.91 Å². The molecule has 5 nitrogen and oxygen atoms in total. The third-order valence-corrected chi connectivity index (χ3v) is 4.38. The van der Waals surface area contributed by atoms with Crippen LogP contribution in [0.2, 0.25) is 0 Å². The fourth-order valence-electron chi connectivity index (χ4n) is 2.91. The summed E-state index contributed by atoms with van der Waals surface area (Å²) in [5, 5.41) is 0. The van der Waals surface area contributed by atoms with Crippen LogP contribution in [-0.2, 0) is 6.42 Å². The lowest BCUT2D eigenvalue weighted by atomic mass is 10.0. The SMILES string of the molecule is CCc1cc(C(=O)N(C)C2CCN(CC)CC2)cc(N)n1. The summed E-state index contributed by atoms with van der Waals surface area (Å²) < 4.78 is 0. The second-order valence-electron chi connectivity index (χ2n) is 5.71. The summed E-state index contributed by atoms with van der Waals surface area (Å²) >= 11 is 0. The van der Waals surface area contributed by atoms with Crippen LogP contribution in [0.3, 0.4) is 0 Å². The molecule has 21 heavy (non-hydrogen) atoms. The molecule has 0 aromatic carbocycles. The molecule has 1 fully saturated rings. The molecular weight excluding hydrogens is 264 g/mol. The average Bonchev–Trinajstić information content (AvgIpc) is 2.52. The van der Waals surface area contributed by atoms with Gasteiger partial charge in [-0.2, -0.15) is 0 Å². The van der Waals surface area contributed by atoms with E-state index >= 15 is 0 Å². The summed E-state index contributed by atoms with van der Waals surface area (Å²) in [6.07, 6.45) is 2.86. The molecule has 116 valence electrons. The van der Waals surface area contributed by atoms with E-state index < -0.39 is 0 Å². The topological polar surface area (TPSA) is 62.5 Å². The third kappa shape index (κ3) is 3.73. The average molecular weight is 290 g/mol. The van der Waals surface area contributed by atoms with Crippen molar-refractivity contribution in [3.8, 4) is 0 Å². The molecule has 2 N–H and O–H groups in total. The minimum absolute atomic E-state index is 0.0498. The molecule has 0 radical (unpaired) electrons. The molecule has 2 heterocycles. The normalized spacial score (nSPS) is 16.9.